The molecule has 120 valence electrons. The molecule has 22 heavy (non-hydrogen) atoms. The van der Waals surface area contributed by atoms with Crippen LogP contribution in [0.1, 0.15) is 17.3 Å². The van der Waals surface area contributed by atoms with E-state index in [4.69, 9.17) is 27.7 Å². The standard InChI is InChI=1S/C13H15Cl2N5O.HI/c1-8-19-12(21-20-8)7-18-13(16-2)17-6-9-3-4-10(14)5-11(9)15;/h3-5H,6-7H2,1-2H3,(H2,16,17,18);1H. The first-order valence-corrected chi connectivity index (χ1v) is 7.01. The fourth-order valence-electron chi connectivity index (χ4n) is 1.64. The number of guanidine groups is 1. The molecule has 0 amide bonds. The van der Waals surface area contributed by atoms with Crippen molar-refractivity contribution in [3.8, 4) is 0 Å². The van der Waals surface area contributed by atoms with Gasteiger partial charge in [0.2, 0.25) is 5.89 Å². The van der Waals surface area contributed by atoms with Gasteiger partial charge in [-0.05, 0) is 24.6 Å². The number of aryl methyl sites for hydroxylation is 1. The summed E-state index contributed by atoms with van der Waals surface area (Å²) in [6, 6.07) is 5.37. The molecule has 0 radical (unpaired) electrons. The Morgan fingerprint density at radius 3 is 2.59 bits per heavy atom. The number of aromatic nitrogens is 2. The highest BCUT2D eigenvalue weighted by Gasteiger charge is 2.06. The van der Waals surface area contributed by atoms with Crippen molar-refractivity contribution in [2.45, 2.75) is 20.0 Å². The van der Waals surface area contributed by atoms with Crippen LogP contribution in [0.25, 0.3) is 0 Å². The number of nitrogens with zero attached hydrogens (tertiary/aromatic N) is 3. The second-order valence-electron chi connectivity index (χ2n) is 4.25. The van der Waals surface area contributed by atoms with Crippen LogP contribution in [0, 0.1) is 6.92 Å². The Morgan fingerprint density at radius 1 is 1.27 bits per heavy atom. The van der Waals surface area contributed by atoms with E-state index in [1.54, 1.807) is 26.1 Å². The maximum atomic E-state index is 6.11. The first-order chi connectivity index (χ1) is 10.1. The highest BCUT2D eigenvalue weighted by molar-refractivity contribution is 14.0. The molecule has 0 saturated carbocycles. The normalized spacial score (nSPS) is 11.0. The summed E-state index contributed by atoms with van der Waals surface area (Å²) in [6.07, 6.45) is 0. The van der Waals surface area contributed by atoms with Gasteiger partial charge < -0.3 is 15.2 Å². The van der Waals surface area contributed by atoms with Gasteiger partial charge in [-0.2, -0.15) is 4.98 Å². The smallest absolute Gasteiger partial charge is 0.246 e. The van der Waals surface area contributed by atoms with Crippen molar-refractivity contribution >= 4 is 53.1 Å². The molecule has 0 aliphatic heterocycles. The molecule has 6 nitrogen and oxygen atoms in total. The van der Waals surface area contributed by atoms with Gasteiger partial charge in [-0.3, -0.25) is 4.99 Å². The molecule has 0 aliphatic rings. The summed E-state index contributed by atoms with van der Waals surface area (Å²) in [4.78, 5) is 8.21. The van der Waals surface area contributed by atoms with E-state index >= 15 is 0 Å². The third kappa shape index (κ3) is 5.62. The van der Waals surface area contributed by atoms with Gasteiger partial charge in [0, 0.05) is 23.6 Å². The van der Waals surface area contributed by atoms with Crippen molar-refractivity contribution in [2.24, 2.45) is 4.99 Å². The maximum Gasteiger partial charge on any atom is 0.246 e. The molecule has 0 fully saturated rings. The van der Waals surface area contributed by atoms with Gasteiger partial charge in [0.15, 0.2) is 11.8 Å². The molecule has 0 spiro atoms. The Kier molecular flexibility index (Phi) is 7.91. The molecule has 0 saturated heterocycles. The summed E-state index contributed by atoms with van der Waals surface area (Å²) >= 11 is 12.0. The Morgan fingerprint density at radius 2 is 2.00 bits per heavy atom. The zero-order chi connectivity index (χ0) is 15.2. The number of hydrogen-bond donors (Lipinski definition) is 2. The Labute approximate surface area is 155 Å². The Balaban J connectivity index is 0.00000242. The van der Waals surface area contributed by atoms with E-state index in [0.717, 1.165) is 5.56 Å². The lowest BCUT2D eigenvalue weighted by Gasteiger charge is -2.11. The zero-order valence-electron chi connectivity index (χ0n) is 12.1. The van der Waals surface area contributed by atoms with E-state index in [1.807, 2.05) is 6.07 Å². The first-order valence-electron chi connectivity index (χ1n) is 6.26. The fourth-order valence-corrected chi connectivity index (χ4v) is 2.11. The van der Waals surface area contributed by atoms with Crippen LogP contribution in [0.2, 0.25) is 10.0 Å². The second kappa shape index (κ2) is 9.16. The third-order valence-electron chi connectivity index (χ3n) is 2.66. The molecule has 0 unspecified atom stereocenters. The largest absolute Gasteiger partial charge is 0.352 e. The molecule has 0 bridgehead atoms. The molecule has 1 heterocycles. The summed E-state index contributed by atoms with van der Waals surface area (Å²) in [5.74, 6) is 1.71. The molecule has 2 rings (SSSR count). The number of rotatable bonds is 4. The number of aliphatic imine (C=N–C) groups is 1. The summed E-state index contributed by atoms with van der Waals surface area (Å²) in [7, 11) is 1.68. The van der Waals surface area contributed by atoms with Crippen molar-refractivity contribution in [1.82, 2.24) is 20.8 Å². The van der Waals surface area contributed by atoms with Crippen LogP contribution in [-0.2, 0) is 13.1 Å². The minimum atomic E-state index is 0. The molecular formula is C13H16Cl2IN5O. The second-order valence-corrected chi connectivity index (χ2v) is 5.09. The molecule has 1 aromatic carbocycles. The van der Waals surface area contributed by atoms with Crippen LogP contribution in [0.3, 0.4) is 0 Å². The molecule has 9 heteroatoms. The van der Waals surface area contributed by atoms with Crippen LogP contribution >= 0.6 is 47.2 Å². The van der Waals surface area contributed by atoms with Gasteiger partial charge in [-0.15, -0.1) is 24.0 Å². The van der Waals surface area contributed by atoms with E-state index in [-0.39, 0.29) is 24.0 Å². The fraction of sp³-hybridized carbons (Fsp3) is 0.308. The number of benzene rings is 1. The zero-order valence-corrected chi connectivity index (χ0v) is 15.9. The van der Waals surface area contributed by atoms with Crippen molar-refractivity contribution in [3.05, 3.63) is 45.5 Å². The SMILES string of the molecule is CN=C(NCc1nc(C)no1)NCc1ccc(Cl)cc1Cl.I. The van der Waals surface area contributed by atoms with E-state index in [0.29, 0.717) is 40.8 Å². The van der Waals surface area contributed by atoms with E-state index in [2.05, 4.69) is 25.8 Å². The van der Waals surface area contributed by atoms with Gasteiger partial charge in [0.25, 0.3) is 0 Å². The monoisotopic (exact) mass is 455 g/mol. The lowest BCUT2D eigenvalue weighted by molar-refractivity contribution is 0.371. The minimum Gasteiger partial charge on any atom is -0.352 e. The Bertz CT molecular complexity index is 647. The summed E-state index contributed by atoms with van der Waals surface area (Å²) in [6.45, 7) is 2.69. The lowest BCUT2D eigenvalue weighted by atomic mass is 10.2. The highest BCUT2D eigenvalue weighted by atomic mass is 127. The predicted octanol–water partition coefficient (Wildman–Crippen LogP) is 3.17. The summed E-state index contributed by atoms with van der Waals surface area (Å²) < 4.78 is 5.01. The molecule has 1 aromatic heterocycles. The number of halogens is 3. The van der Waals surface area contributed by atoms with Crippen LogP contribution < -0.4 is 10.6 Å². The predicted molar refractivity (Wildman–Crippen MR) is 98.0 cm³/mol. The van der Waals surface area contributed by atoms with Crippen molar-refractivity contribution in [3.63, 3.8) is 0 Å². The molecule has 0 atom stereocenters. The third-order valence-corrected chi connectivity index (χ3v) is 3.25. The van der Waals surface area contributed by atoms with Gasteiger partial charge in [-0.25, -0.2) is 0 Å². The topological polar surface area (TPSA) is 75.3 Å². The molecule has 2 N–H and O–H groups in total. The average Bonchev–Trinajstić information content (AvgIpc) is 2.86. The van der Waals surface area contributed by atoms with E-state index < -0.39 is 0 Å². The van der Waals surface area contributed by atoms with Crippen LogP contribution in [-0.4, -0.2) is 23.1 Å². The highest BCUT2D eigenvalue weighted by Crippen LogP contribution is 2.20. The molecule has 0 aliphatic carbocycles. The average molecular weight is 456 g/mol. The van der Waals surface area contributed by atoms with Crippen molar-refractivity contribution < 1.29 is 4.52 Å². The quantitative estimate of drug-likeness (QED) is 0.420. The summed E-state index contributed by atoms with van der Waals surface area (Å²) in [5.41, 5.74) is 0.928. The lowest BCUT2D eigenvalue weighted by Crippen LogP contribution is -2.36. The van der Waals surface area contributed by atoms with E-state index in [1.165, 1.54) is 0 Å². The van der Waals surface area contributed by atoms with Crippen LogP contribution in [0.15, 0.2) is 27.7 Å². The van der Waals surface area contributed by atoms with Crippen LogP contribution in [0.5, 0.6) is 0 Å². The van der Waals surface area contributed by atoms with Crippen molar-refractivity contribution in [2.75, 3.05) is 7.05 Å². The van der Waals surface area contributed by atoms with E-state index in [9.17, 15) is 0 Å². The number of hydrogen-bond acceptors (Lipinski definition) is 4. The number of nitrogens with one attached hydrogen (secondary N) is 2. The Hall–Kier alpha value is -1.06. The van der Waals surface area contributed by atoms with Crippen LogP contribution in [0.4, 0.5) is 0 Å². The molecular weight excluding hydrogens is 440 g/mol. The van der Waals surface area contributed by atoms with Gasteiger partial charge in [-0.1, -0.05) is 34.4 Å². The van der Waals surface area contributed by atoms with Crippen molar-refractivity contribution in [1.29, 1.82) is 0 Å². The van der Waals surface area contributed by atoms with Gasteiger partial charge in [0.1, 0.15) is 0 Å². The van der Waals surface area contributed by atoms with Gasteiger partial charge in [0.05, 0.1) is 6.54 Å². The first kappa shape index (κ1) is 19.0. The van der Waals surface area contributed by atoms with Gasteiger partial charge >= 0.3 is 0 Å². The summed E-state index contributed by atoms with van der Waals surface area (Å²) in [5, 5.41) is 11.2. The maximum absolute atomic E-state index is 6.11. The minimum absolute atomic E-state index is 0. The molecule has 2 aromatic rings.